The number of para-hydroxylation sites is 1. The van der Waals surface area contributed by atoms with Crippen LogP contribution in [0, 0.1) is 0 Å². The first kappa shape index (κ1) is 26.4. The second-order valence-corrected chi connectivity index (χ2v) is 13.5. The summed E-state index contributed by atoms with van der Waals surface area (Å²) in [6, 6.07) is 8.67. The van der Waals surface area contributed by atoms with E-state index in [4.69, 9.17) is 4.74 Å². The molecule has 0 unspecified atom stereocenters. The van der Waals surface area contributed by atoms with Crippen LogP contribution >= 0.6 is 7.26 Å². The molecule has 168 valence electrons. The van der Waals surface area contributed by atoms with Crippen molar-refractivity contribution in [1.82, 2.24) is 4.90 Å². The van der Waals surface area contributed by atoms with Gasteiger partial charge in [0, 0.05) is 13.7 Å². The maximum absolute atomic E-state index is 6.31. The van der Waals surface area contributed by atoms with Crippen LogP contribution in [-0.4, -0.2) is 56.8 Å². The van der Waals surface area contributed by atoms with Crippen molar-refractivity contribution in [1.29, 1.82) is 0 Å². The van der Waals surface area contributed by atoms with E-state index in [1.807, 2.05) is 0 Å². The van der Waals surface area contributed by atoms with Gasteiger partial charge in [0.05, 0.1) is 31.3 Å². The number of benzene rings is 1. The summed E-state index contributed by atoms with van der Waals surface area (Å²) in [5.74, 6) is 1.12. The van der Waals surface area contributed by atoms with Crippen LogP contribution in [0.4, 0.5) is 0 Å². The Kier molecular flexibility index (Phi) is 14.7. The minimum atomic E-state index is -0.793. The molecule has 0 aliphatic heterocycles. The van der Waals surface area contributed by atoms with Gasteiger partial charge in [-0.05, 0) is 64.4 Å². The molecule has 1 rings (SSSR count). The molecule has 1 aromatic rings. The summed E-state index contributed by atoms with van der Waals surface area (Å²) < 4.78 is 6.31. The molecule has 0 bridgehead atoms. The third-order valence-corrected chi connectivity index (χ3v) is 11.1. The highest BCUT2D eigenvalue weighted by molar-refractivity contribution is 7.75. The molecule has 0 saturated carbocycles. The van der Waals surface area contributed by atoms with E-state index in [1.165, 1.54) is 81.6 Å². The first-order chi connectivity index (χ1) is 14.1. The Morgan fingerprint density at radius 1 is 0.759 bits per heavy atom. The van der Waals surface area contributed by atoms with Crippen molar-refractivity contribution in [2.75, 3.05) is 51.9 Å². The van der Waals surface area contributed by atoms with Gasteiger partial charge in [-0.25, -0.2) is 0 Å². The average Bonchev–Trinajstić information content (AvgIpc) is 2.72. The van der Waals surface area contributed by atoms with Gasteiger partial charge in [-0.1, -0.05) is 58.2 Å². The third-order valence-electron chi connectivity index (χ3n) is 6.02. The molecule has 0 spiro atoms. The SMILES string of the molecule is CCCC[P+](CCCC)(CCCC)CCCOc1ccccc1CCCN(C)C. The number of hydrogen-bond acceptors (Lipinski definition) is 2. The lowest BCUT2D eigenvalue weighted by Gasteiger charge is -2.28. The second-order valence-electron chi connectivity index (χ2n) is 9.01. The Morgan fingerprint density at radius 3 is 1.86 bits per heavy atom. The van der Waals surface area contributed by atoms with Crippen LogP contribution in [0.1, 0.15) is 77.7 Å². The molecule has 0 aromatic heterocycles. The van der Waals surface area contributed by atoms with Gasteiger partial charge in [0.25, 0.3) is 0 Å². The summed E-state index contributed by atoms with van der Waals surface area (Å²) in [7, 11) is 3.50. The smallest absolute Gasteiger partial charge is 0.122 e. The lowest BCUT2D eigenvalue weighted by Crippen LogP contribution is -2.15. The van der Waals surface area contributed by atoms with Gasteiger partial charge in [-0.3, -0.25) is 0 Å². The number of ether oxygens (including phenoxy) is 1. The fourth-order valence-electron chi connectivity index (χ4n) is 4.17. The molecule has 0 heterocycles. The van der Waals surface area contributed by atoms with E-state index < -0.39 is 7.26 Å². The third kappa shape index (κ3) is 11.4. The molecule has 0 amide bonds. The van der Waals surface area contributed by atoms with Gasteiger partial charge < -0.3 is 9.64 Å². The van der Waals surface area contributed by atoms with Crippen LogP contribution < -0.4 is 4.74 Å². The quantitative estimate of drug-likeness (QED) is 0.181. The van der Waals surface area contributed by atoms with Crippen molar-refractivity contribution >= 4 is 7.26 Å². The summed E-state index contributed by atoms with van der Waals surface area (Å²) in [6.07, 6.45) is 17.8. The van der Waals surface area contributed by atoms with E-state index >= 15 is 0 Å². The van der Waals surface area contributed by atoms with Gasteiger partial charge in [-0.2, -0.15) is 0 Å². The van der Waals surface area contributed by atoms with Crippen molar-refractivity contribution in [3.05, 3.63) is 29.8 Å². The predicted octanol–water partition coefficient (Wildman–Crippen LogP) is 7.37. The molecule has 0 fully saturated rings. The molecule has 1 aromatic carbocycles. The van der Waals surface area contributed by atoms with E-state index in [9.17, 15) is 0 Å². The van der Waals surface area contributed by atoms with Crippen molar-refractivity contribution in [2.45, 2.75) is 78.6 Å². The first-order valence-electron chi connectivity index (χ1n) is 12.3. The Hall–Kier alpha value is -0.590. The Labute approximate surface area is 183 Å². The van der Waals surface area contributed by atoms with E-state index in [0.717, 1.165) is 25.3 Å². The van der Waals surface area contributed by atoms with E-state index in [2.05, 4.69) is 64.0 Å². The van der Waals surface area contributed by atoms with Crippen LogP contribution in [0.5, 0.6) is 5.75 Å². The molecule has 0 radical (unpaired) electrons. The summed E-state index contributed by atoms with van der Waals surface area (Å²) in [4.78, 5) is 2.26. The summed E-state index contributed by atoms with van der Waals surface area (Å²) in [5, 5.41) is 0. The molecule has 29 heavy (non-hydrogen) atoms. The van der Waals surface area contributed by atoms with E-state index in [1.54, 1.807) is 0 Å². The van der Waals surface area contributed by atoms with Crippen molar-refractivity contribution in [2.24, 2.45) is 0 Å². The molecule has 0 atom stereocenters. The fourth-order valence-corrected chi connectivity index (χ4v) is 9.27. The lowest BCUT2D eigenvalue weighted by atomic mass is 10.1. The molecule has 3 heteroatoms. The monoisotopic (exact) mass is 422 g/mol. The molecule has 0 aliphatic rings. The summed E-state index contributed by atoms with van der Waals surface area (Å²) in [6.45, 7) is 9.07. The minimum Gasteiger partial charge on any atom is -0.493 e. The first-order valence-corrected chi connectivity index (χ1v) is 14.8. The zero-order valence-electron chi connectivity index (χ0n) is 20.2. The number of aryl methyl sites for hydroxylation is 1. The minimum absolute atomic E-state index is 0.793. The number of unbranched alkanes of at least 4 members (excludes halogenated alkanes) is 3. The van der Waals surface area contributed by atoms with Gasteiger partial charge in [-0.15, -0.1) is 0 Å². The largest absolute Gasteiger partial charge is 0.493 e. The van der Waals surface area contributed by atoms with E-state index in [0.29, 0.717) is 0 Å². The van der Waals surface area contributed by atoms with Crippen LogP contribution in [0.2, 0.25) is 0 Å². The van der Waals surface area contributed by atoms with Crippen LogP contribution in [0.15, 0.2) is 24.3 Å². The van der Waals surface area contributed by atoms with E-state index in [-0.39, 0.29) is 0 Å². The van der Waals surface area contributed by atoms with Gasteiger partial charge in [0.15, 0.2) is 0 Å². The Morgan fingerprint density at radius 2 is 1.31 bits per heavy atom. The topological polar surface area (TPSA) is 12.5 Å². The molecular weight excluding hydrogens is 373 g/mol. The molecular formula is C26H49NOP+. The summed E-state index contributed by atoms with van der Waals surface area (Å²) in [5.41, 5.74) is 1.37. The standard InChI is InChI=1S/C26H49NOP/c1-6-9-21-29(22-10-7-2,23-11-8-3)24-15-20-28-26-18-13-12-16-25(26)17-14-19-27(4)5/h12-13,16,18H,6-11,14-15,17,19-24H2,1-5H3/q+1. The number of hydrogen-bond donors (Lipinski definition) is 0. The maximum Gasteiger partial charge on any atom is 0.122 e. The summed E-state index contributed by atoms with van der Waals surface area (Å²) >= 11 is 0. The Balaban J connectivity index is 2.60. The van der Waals surface area contributed by atoms with Crippen molar-refractivity contribution < 1.29 is 4.74 Å². The molecule has 2 nitrogen and oxygen atoms in total. The van der Waals surface area contributed by atoms with Crippen molar-refractivity contribution in [3.8, 4) is 5.75 Å². The highest BCUT2D eigenvalue weighted by Crippen LogP contribution is 2.61. The van der Waals surface area contributed by atoms with Crippen LogP contribution in [0.3, 0.4) is 0 Å². The average molecular weight is 423 g/mol. The number of rotatable bonds is 18. The molecule has 0 N–H and O–H groups in total. The highest BCUT2D eigenvalue weighted by Gasteiger charge is 2.34. The van der Waals surface area contributed by atoms with Crippen molar-refractivity contribution in [3.63, 3.8) is 0 Å². The van der Waals surface area contributed by atoms with Gasteiger partial charge in [0.1, 0.15) is 5.75 Å². The lowest BCUT2D eigenvalue weighted by molar-refractivity contribution is 0.313. The van der Waals surface area contributed by atoms with Gasteiger partial charge in [0.2, 0.25) is 0 Å². The van der Waals surface area contributed by atoms with Gasteiger partial charge >= 0.3 is 0 Å². The fraction of sp³-hybridized carbons (Fsp3) is 0.769. The van der Waals surface area contributed by atoms with Crippen LogP contribution in [-0.2, 0) is 6.42 Å². The zero-order chi connectivity index (χ0) is 21.4. The van der Waals surface area contributed by atoms with Crippen LogP contribution in [0.25, 0.3) is 0 Å². The maximum atomic E-state index is 6.31. The highest BCUT2D eigenvalue weighted by atomic mass is 31.2. The molecule has 0 aliphatic carbocycles. The second kappa shape index (κ2) is 16.1. The predicted molar refractivity (Wildman–Crippen MR) is 135 cm³/mol. The molecule has 0 saturated heterocycles. The Bertz CT molecular complexity index is 495. The zero-order valence-corrected chi connectivity index (χ0v) is 21.1. The number of nitrogens with zero attached hydrogens (tertiary/aromatic N) is 1. The normalized spacial score (nSPS) is 11.9.